The summed E-state index contributed by atoms with van der Waals surface area (Å²) in [6, 6.07) is 4.94. The van der Waals surface area contributed by atoms with Crippen LogP contribution in [0.5, 0.6) is 0 Å². The number of benzene rings is 1. The number of ether oxygens (including phenoxy) is 1. The highest BCUT2D eigenvalue weighted by Gasteiger charge is 2.26. The second-order valence-electron chi connectivity index (χ2n) is 7.76. The molecule has 1 aliphatic heterocycles. The number of amides is 1. The highest BCUT2D eigenvalue weighted by molar-refractivity contribution is 7.89. The molecule has 4 rings (SSSR count). The molecule has 1 N–H and O–H groups in total. The van der Waals surface area contributed by atoms with Gasteiger partial charge in [0, 0.05) is 19.5 Å². The van der Waals surface area contributed by atoms with E-state index in [2.05, 4.69) is 10.3 Å². The summed E-state index contributed by atoms with van der Waals surface area (Å²) in [7, 11) is -3.54. The van der Waals surface area contributed by atoms with Gasteiger partial charge in [0.1, 0.15) is 0 Å². The number of morpholine rings is 1. The zero-order valence-corrected chi connectivity index (χ0v) is 18.1. The number of carbonyl (C=O) groups excluding carboxylic acids is 1. The maximum Gasteiger partial charge on any atom is 0.243 e. The predicted molar refractivity (Wildman–Crippen MR) is 114 cm³/mol. The molecule has 0 radical (unpaired) electrons. The topological polar surface area (TPSA) is 88.6 Å². The van der Waals surface area contributed by atoms with E-state index in [4.69, 9.17) is 4.74 Å². The van der Waals surface area contributed by atoms with Gasteiger partial charge < -0.3 is 10.1 Å². The van der Waals surface area contributed by atoms with Crippen LogP contribution < -0.4 is 5.32 Å². The standard InChI is InChI=1S/C20H27N3O4S2/c24-19(9-6-15-4-2-1-3-5-15)22-20-21-17-8-7-16(14-18(17)28-20)29(25,26)23-10-12-27-13-11-23/h7-8,14-15H,1-6,9-13H2,(H,21,22,24). The van der Waals surface area contributed by atoms with Crippen molar-refractivity contribution < 1.29 is 17.9 Å². The normalized spacial score (nSPS) is 19.4. The van der Waals surface area contributed by atoms with Gasteiger partial charge in [-0.05, 0) is 30.5 Å². The summed E-state index contributed by atoms with van der Waals surface area (Å²) >= 11 is 1.31. The summed E-state index contributed by atoms with van der Waals surface area (Å²) in [5.74, 6) is 0.647. The van der Waals surface area contributed by atoms with Crippen molar-refractivity contribution in [2.75, 3.05) is 31.6 Å². The Kier molecular flexibility index (Phi) is 6.48. The van der Waals surface area contributed by atoms with Gasteiger partial charge in [-0.15, -0.1) is 0 Å². The maximum absolute atomic E-state index is 12.8. The lowest BCUT2D eigenvalue weighted by atomic mass is 9.86. The number of hydrogen-bond donors (Lipinski definition) is 1. The third-order valence-corrected chi connectivity index (χ3v) is 8.55. The number of anilines is 1. The first kappa shape index (κ1) is 20.7. The van der Waals surface area contributed by atoms with Crippen LogP contribution in [0.3, 0.4) is 0 Å². The summed E-state index contributed by atoms with van der Waals surface area (Å²) in [6.45, 7) is 1.56. The Balaban J connectivity index is 1.42. The lowest BCUT2D eigenvalue weighted by Crippen LogP contribution is -2.40. The van der Waals surface area contributed by atoms with Gasteiger partial charge in [-0.2, -0.15) is 4.31 Å². The quantitative estimate of drug-likeness (QED) is 0.746. The lowest BCUT2D eigenvalue weighted by Gasteiger charge is -2.25. The Morgan fingerprint density at radius 3 is 2.72 bits per heavy atom. The minimum Gasteiger partial charge on any atom is -0.379 e. The Morgan fingerprint density at radius 1 is 1.21 bits per heavy atom. The first-order valence-corrected chi connectivity index (χ1v) is 12.6. The number of rotatable bonds is 6. The number of nitrogens with one attached hydrogen (secondary N) is 1. The second-order valence-corrected chi connectivity index (χ2v) is 10.7. The predicted octanol–water partition coefficient (Wildman–Crippen LogP) is 3.62. The number of carbonyl (C=O) groups is 1. The summed E-state index contributed by atoms with van der Waals surface area (Å²) in [6.07, 6.45) is 7.77. The molecule has 2 aliphatic rings. The Morgan fingerprint density at radius 2 is 1.97 bits per heavy atom. The van der Waals surface area contributed by atoms with E-state index in [0.717, 1.165) is 11.1 Å². The molecule has 9 heteroatoms. The fourth-order valence-corrected chi connectivity index (χ4v) is 6.48. The van der Waals surface area contributed by atoms with Crippen molar-refractivity contribution in [3.05, 3.63) is 18.2 Å². The van der Waals surface area contributed by atoms with E-state index < -0.39 is 10.0 Å². The van der Waals surface area contributed by atoms with Gasteiger partial charge in [0.15, 0.2) is 5.13 Å². The number of nitrogens with zero attached hydrogens (tertiary/aromatic N) is 2. The van der Waals surface area contributed by atoms with Crippen molar-refractivity contribution in [3.8, 4) is 0 Å². The Hall–Kier alpha value is -1.55. The SMILES string of the molecule is O=C(CCC1CCCCC1)Nc1nc2ccc(S(=O)(=O)N3CCOCC3)cc2s1. The molecule has 7 nitrogen and oxygen atoms in total. The van der Waals surface area contributed by atoms with E-state index in [1.54, 1.807) is 18.2 Å². The molecule has 1 saturated heterocycles. The van der Waals surface area contributed by atoms with Crippen LogP contribution in [0.1, 0.15) is 44.9 Å². The molecule has 158 valence electrons. The zero-order valence-electron chi connectivity index (χ0n) is 16.4. The molecular formula is C20H27N3O4S2. The van der Waals surface area contributed by atoms with Crippen molar-refractivity contribution in [1.82, 2.24) is 9.29 Å². The average molecular weight is 438 g/mol. The maximum atomic E-state index is 12.8. The molecule has 0 bridgehead atoms. The second kappa shape index (κ2) is 9.07. The minimum absolute atomic E-state index is 0.0178. The molecule has 2 heterocycles. The summed E-state index contributed by atoms with van der Waals surface area (Å²) < 4.78 is 33.1. The number of sulfonamides is 1. The Bertz CT molecular complexity index is 961. The monoisotopic (exact) mass is 437 g/mol. The number of fused-ring (bicyclic) bond motifs is 1. The van der Waals surface area contributed by atoms with Crippen molar-refractivity contribution in [1.29, 1.82) is 0 Å². The van der Waals surface area contributed by atoms with E-state index in [0.29, 0.717) is 49.3 Å². The molecule has 0 atom stereocenters. The zero-order chi connectivity index (χ0) is 20.3. The van der Waals surface area contributed by atoms with Gasteiger partial charge in [0.25, 0.3) is 0 Å². The smallest absolute Gasteiger partial charge is 0.243 e. The van der Waals surface area contributed by atoms with Crippen LogP contribution in [-0.4, -0.2) is 49.9 Å². The number of aromatic nitrogens is 1. The molecule has 1 aromatic heterocycles. The van der Waals surface area contributed by atoms with Crippen LogP contribution in [-0.2, 0) is 19.6 Å². The van der Waals surface area contributed by atoms with E-state index in [9.17, 15) is 13.2 Å². The van der Waals surface area contributed by atoms with Crippen LogP contribution in [0.2, 0.25) is 0 Å². The third-order valence-electron chi connectivity index (χ3n) is 5.72. The van der Waals surface area contributed by atoms with Gasteiger partial charge >= 0.3 is 0 Å². The largest absolute Gasteiger partial charge is 0.379 e. The average Bonchev–Trinajstić information content (AvgIpc) is 3.15. The molecule has 1 aromatic carbocycles. The van der Waals surface area contributed by atoms with Crippen molar-refractivity contribution >= 4 is 42.6 Å². The van der Waals surface area contributed by atoms with Gasteiger partial charge in [0.05, 0.1) is 28.3 Å². The molecule has 0 unspecified atom stereocenters. The molecule has 1 aliphatic carbocycles. The van der Waals surface area contributed by atoms with Gasteiger partial charge in [-0.25, -0.2) is 13.4 Å². The summed E-state index contributed by atoms with van der Waals surface area (Å²) in [5.41, 5.74) is 0.693. The van der Waals surface area contributed by atoms with E-state index in [1.807, 2.05) is 0 Å². The van der Waals surface area contributed by atoms with Gasteiger partial charge in [-0.1, -0.05) is 43.4 Å². The van der Waals surface area contributed by atoms with Gasteiger partial charge in [-0.3, -0.25) is 4.79 Å². The third kappa shape index (κ3) is 4.96. The molecule has 0 spiro atoms. The minimum atomic E-state index is -3.54. The first-order chi connectivity index (χ1) is 14.0. The van der Waals surface area contributed by atoms with Gasteiger partial charge in [0.2, 0.25) is 15.9 Å². The fraction of sp³-hybridized carbons (Fsp3) is 0.600. The highest BCUT2D eigenvalue weighted by Crippen LogP contribution is 2.30. The van der Waals surface area contributed by atoms with Crippen LogP contribution in [0.25, 0.3) is 10.2 Å². The van der Waals surface area contributed by atoms with Crippen LogP contribution in [0, 0.1) is 5.92 Å². The molecule has 1 amide bonds. The molecule has 2 fully saturated rings. The van der Waals surface area contributed by atoms with Crippen molar-refractivity contribution in [3.63, 3.8) is 0 Å². The van der Waals surface area contributed by atoms with E-state index in [-0.39, 0.29) is 10.8 Å². The van der Waals surface area contributed by atoms with Crippen molar-refractivity contribution in [2.45, 2.75) is 49.8 Å². The first-order valence-electron chi connectivity index (χ1n) is 10.3. The summed E-state index contributed by atoms with van der Waals surface area (Å²) in [5, 5.41) is 3.41. The molecule has 29 heavy (non-hydrogen) atoms. The lowest BCUT2D eigenvalue weighted by molar-refractivity contribution is -0.116. The van der Waals surface area contributed by atoms with Crippen LogP contribution in [0.15, 0.2) is 23.1 Å². The van der Waals surface area contributed by atoms with Crippen LogP contribution in [0.4, 0.5) is 5.13 Å². The molecule has 2 aromatic rings. The van der Waals surface area contributed by atoms with Crippen LogP contribution >= 0.6 is 11.3 Å². The molecule has 1 saturated carbocycles. The highest BCUT2D eigenvalue weighted by atomic mass is 32.2. The fourth-order valence-electron chi connectivity index (χ4n) is 4.05. The van der Waals surface area contributed by atoms with Crippen molar-refractivity contribution in [2.24, 2.45) is 5.92 Å². The Labute approximate surface area is 175 Å². The van der Waals surface area contributed by atoms with E-state index >= 15 is 0 Å². The number of hydrogen-bond acceptors (Lipinski definition) is 6. The number of thiazole rings is 1. The van der Waals surface area contributed by atoms with E-state index in [1.165, 1.54) is 47.7 Å². The summed E-state index contributed by atoms with van der Waals surface area (Å²) in [4.78, 5) is 17.0. The molecular weight excluding hydrogens is 410 g/mol.